The van der Waals surface area contributed by atoms with E-state index in [0.717, 1.165) is 23.6 Å². The molecule has 2 rings (SSSR count). The summed E-state index contributed by atoms with van der Waals surface area (Å²) in [5, 5.41) is 8.59. The number of hydrogen-bond acceptors (Lipinski definition) is 4. The molecular weight excluding hydrogens is 236 g/mol. The van der Waals surface area contributed by atoms with Gasteiger partial charge in [0.2, 0.25) is 5.91 Å². The lowest BCUT2D eigenvalue weighted by Crippen LogP contribution is -2.44. The quantitative estimate of drug-likeness (QED) is 0.722. The van der Waals surface area contributed by atoms with Gasteiger partial charge in [0.05, 0.1) is 16.8 Å². The van der Waals surface area contributed by atoms with Crippen LogP contribution in [0.2, 0.25) is 0 Å². The molecule has 1 unspecified atom stereocenters. The van der Waals surface area contributed by atoms with Gasteiger partial charge in [-0.15, -0.1) is 11.8 Å². The number of aryl methyl sites for hydroxylation is 2. The number of nitrogens with two attached hydrogens (primary N) is 1. The first-order valence-corrected chi connectivity index (χ1v) is 6.73. The van der Waals surface area contributed by atoms with Crippen molar-refractivity contribution in [2.75, 3.05) is 5.75 Å². The molecular formula is C11H18N4OS. The van der Waals surface area contributed by atoms with E-state index in [1.54, 1.807) is 11.8 Å². The maximum atomic E-state index is 11.3. The lowest BCUT2D eigenvalue weighted by Gasteiger charge is -2.14. The summed E-state index contributed by atoms with van der Waals surface area (Å²) >= 11 is 1.61. The number of nitrogens with zero attached hydrogens (tertiary/aromatic N) is 2. The molecule has 0 bridgehead atoms. The zero-order chi connectivity index (χ0) is 12.4. The van der Waals surface area contributed by atoms with Gasteiger partial charge in [-0.25, -0.2) is 0 Å². The maximum Gasteiger partial charge on any atom is 0.235 e. The van der Waals surface area contributed by atoms with E-state index in [9.17, 15) is 4.79 Å². The van der Waals surface area contributed by atoms with Crippen LogP contribution in [0, 0.1) is 6.92 Å². The van der Waals surface area contributed by atoms with E-state index in [1.807, 2.05) is 24.7 Å². The molecule has 5 nitrogen and oxygen atoms in total. The predicted octanol–water partition coefficient (Wildman–Crippen LogP) is 0.427. The van der Waals surface area contributed by atoms with Crippen LogP contribution < -0.4 is 11.1 Å². The number of amides is 1. The van der Waals surface area contributed by atoms with Crippen LogP contribution >= 0.6 is 11.8 Å². The molecule has 1 saturated carbocycles. The minimum atomic E-state index is -0.275. The third-order valence-electron chi connectivity index (χ3n) is 2.71. The molecule has 3 N–H and O–H groups in total. The molecule has 1 fully saturated rings. The summed E-state index contributed by atoms with van der Waals surface area (Å²) < 4.78 is 1.83. The first kappa shape index (κ1) is 12.4. The number of primary amides is 1. The zero-order valence-electron chi connectivity index (χ0n) is 10.1. The van der Waals surface area contributed by atoms with E-state index in [2.05, 4.69) is 10.4 Å². The molecule has 1 aromatic heterocycles. The summed E-state index contributed by atoms with van der Waals surface area (Å²) in [7, 11) is 1.91. The largest absolute Gasteiger partial charge is 0.368 e. The molecule has 94 valence electrons. The van der Waals surface area contributed by atoms with E-state index < -0.39 is 0 Å². The van der Waals surface area contributed by atoms with E-state index >= 15 is 0 Å². The van der Waals surface area contributed by atoms with Gasteiger partial charge in [0.15, 0.2) is 0 Å². The van der Waals surface area contributed by atoms with E-state index in [1.165, 1.54) is 0 Å². The molecule has 0 saturated heterocycles. The van der Waals surface area contributed by atoms with Gasteiger partial charge in [-0.3, -0.25) is 9.48 Å². The van der Waals surface area contributed by atoms with Crippen molar-refractivity contribution in [1.82, 2.24) is 15.1 Å². The number of hydrogen-bond donors (Lipinski definition) is 2. The first-order valence-electron chi connectivity index (χ1n) is 5.75. The number of thioether (sulfide) groups is 1. The molecule has 0 aromatic carbocycles. The summed E-state index contributed by atoms with van der Waals surface area (Å²) in [4.78, 5) is 11.3. The number of rotatable bonds is 6. The van der Waals surface area contributed by atoms with E-state index in [4.69, 9.17) is 5.73 Å². The van der Waals surface area contributed by atoms with Crippen molar-refractivity contribution in [3.05, 3.63) is 11.8 Å². The Morgan fingerprint density at radius 3 is 2.94 bits per heavy atom. The van der Waals surface area contributed by atoms with Gasteiger partial charge in [-0.1, -0.05) is 0 Å². The Bertz CT molecular complexity index is 414. The Morgan fingerprint density at radius 1 is 1.76 bits per heavy atom. The SMILES string of the molecule is Cc1cc(SCC(NC2CC2)C(N)=O)n(C)n1. The summed E-state index contributed by atoms with van der Waals surface area (Å²) in [6.45, 7) is 1.96. The highest BCUT2D eigenvalue weighted by Crippen LogP contribution is 2.22. The second-order valence-electron chi connectivity index (χ2n) is 4.45. The van der Waals surface area contributed by atoms with E-state index in [-0.39, 0.29) is 11.9 Å². The van der Waals surface area contributed by atoms with Gasteiger partial charge in [-0.2, -0.15) is 5.10 Å². The lowest BCUT2D eigenvalue weighted by atomic mass is 10.3. The van der Waals surface area contributed by atoms with Crippen LogP contribution in [0.15, 0.2) is 11.1 Å². The number of carbonyl (C=O) groups excluding carboxylic acids is 1. The van der Waals surface area contributed by atoms with Crippen LogP contribution in [0.5, 0.6) is 0 Å². The van der Waals surface area contributed by atoms with Crippen LogP contribution in [0.4, 0.5) is 0 Å². The molecule has 1 aliphatic rings. The summed E-state index contributed by atoms with van der Waals surface area (Å²) in [6, 6.07) is 2.25. The minimum Gasteiger partial charge on any atom is -0.368 e. The first-order chi connectivity index (χ1) is 8.06. The molecule has 1 atom stereocenters. The molecule has 1 aromatic rings. The van der Waals surface area contributed by atoms with Crippen molar-refractivity contribution in [3.63, 3.8) is 0 Å². The fourth-order valence-corrected chi connectivity index (χ4v) is 2.72. The van der Waals surface area contributed by atoms with Crippen molar-refractivity contribution in [3.8, 4) is 0 Å². The molecule has 1 amide bonds. The fourth-order valence-electron chi connectivity index (χ4n) is 1.64. The number of aromatic nitrogens is 2. The summed E-state index contributed by atoms with van der Waals surface area (Å²) in [5.74, 6) is 0.383. The van der Waals surface area contributed by atoms with Gasteiger partial charge >= 0.3 is 0 Å². The van der Waals surface area contributed by atoms with Crippen LogP contribution in [-0.2, 0) is 11.8 Å². The lowest BCUT2D eigenvalue weighted by molar-refractivity contribution is -0.119. The Balaban J connectivity index is 1.89. The Kier molecular flexibility index (Phi) is 3.73. The van der Waals surface area contributed by atoms with Crippen LogP contribution in [0.1, 0.15) is 18.5 Å². The molecule has 1 heterocycles. The highest BCUT2D eigenvalue weighted by atomic mass is 32.2. The Morgan fingerprint density at radius 2 is 2.47 bits per heavy atom. The second kappa shape index (κ2) is 5.10. The topological polar surface area (TPSA) is 72.9 Å². The van der Waals surface area contributed by atoms with Crippen molar-refractivity contribution in [1.29, 1.82) is 0 Å². The average molecular weight is 254 g/mol. The van der Waals surface area contributed by atoms with Gasteiger partial charge in [0.25, 0.3) is 0 Å². The predicted molar refractivity (Wildman–Crippen MR) is 67.8 cm³/mol. The number of carbonyl (C=O) groups is 1. The number of nitrogens with one attached hydrogen (secondary N) is 1. The van der Waals surface area contributed by atoms with Gasteiger partial charge < -0.3 is 11.1 Å². The van der Waals surface area contributed by atoms with Crippen LogP contribution in [0.3, 0.4) is 0 Å². The van der Waals surface area contributed by atoms with Crippen LogP contribution in [-0.4, -0.2) is 33.5 Å². The smallest absolute Gasteiger partial charge is 0.235 e. The fraction of sp³-hybridized carbons (Fsp3) is 0.636. The Hall–Kier alpha value is -1.01. The van der Waals surface area contributed by atoms with Crippen LogP contribution in [0.25, 0.3) is 0 Å². The maximum absolute atomic E-state index is 11.3. The van der Waals surface area contributed by atoms with Crippen molar-refractivity contribution >= 4 is 17.7 Å². The molecule has 0 radical (unpaired) electrons. The third-order valence-corrected chi connectivity index (χ3v) is 3.89. The average Bonchev–Trinajstić information content (AvgIpc) is 2.99. The molecule has 6 heteroatoms. The summed E-state index contributed by atoms with van der Waals surface area (Å²) in [5.41, 5.74) is 6.37. The van der Waals surface area contributed by atoms with Gasteiger partial charge in [0, 0.05) is 18.8 Å². The van der Waals surface area contributed by atoms with Crippen molar-refractivity contribution in [2.24, 2.45) is 12.8 Å². The van der Waals surface area contributed by atoms with Gasteiger partial charge in [0.1, 0.15) is 0 Å². The van der Waals surface area contributed by atoms with E-state index in [0.29, 0.717) is 11.8 Å². The zero-order valence-corrected chi connectivity index (χ0v) is 11.0. The van der Waals surface area contributed by atoms with Crippen molar-refractivity contribution < 1.29 is 4.79 Å². The highest BCUT2D eigenvalue weighted by Gasteiger charge is 2.27. The second-order valence-corrected chi connectivity index (χ2v) is 5.49. The van der Waals surface area contributed by atoms with Crippen molar-refractivity contribution in [2.45, 2.75) is 36.9 Å². The molecule has 17 heavy (non-hydrogen) atoms. The highest BCUT2D eigenvalue weighted by molar-refractivity contribution is 7.99. The molecule has 1 aliphatic carbocycles. The standard InChI is InChI=1S/C11H18N4OS/c1-7-5-10(15(2)14-7)17-6-9(11(12)16)13-8-3-4-8/h5,8-9,13H,3-4,6H2,1-2H3,(H2,12,16). The third kappa shape index (κ3) is 3.47. The Labute approximate surface area is 105 Å². The monoisotopic (exact) mass is 254 g/mol. The molecule has 0 spiro atoms. The molecule has 0 aliphatic heterocycles. The normalized spacial score (nSPS) is 17.1. The minimum absolute atomic E-state index is 0.247. The van der Waals surface area contributed by atoms with Gasteiger partial charge in [-0.05, 0) is 25.8 Å². The summed E-state index contributed by atoms with van der Waals surface area (Å²) in [6.07, 6.45) is 2.30.